The van der Waals surface area contributed by atoms with Gasteiger partial charge >= 0.3 is 0 Å². The zero-order valence-electron chi connectivity index (χ0n) is 5.58. The second kappa shape index (κ2) is 2.54. The summed E-state index contributed by atoms with van der Waals surface area (Å²) in [5.41, 5.74) is 1.75. The predicted octanol–water partition coefficient (Wildman–Crippen LogP) is 1.36. The van der Waals surface area contributed by atoms with Crippen LogP contribution >= 0.6 is 11.3 Å². The van der Waals surface area contributed by atoms with Crippen LogP contribution < -0.4 is 5.32 Å². The third kappa shape index (κ3) is 1.44. The van der Waals surface area contributed by atoms with Crippen LogP contribution in [0.25, 0.3) is 0 Å². The predicted molar refractivity (Wildman–Crippen MR) is 41.1 cm³/mol. The van der Waals surface area contributed by atoms with Crippen molar-refractivity contribution in [3.8, 4) is 0 Å². The molecule has 0 saturated heterocycles. The number of anilines is 1. The molecule has 1 fully saturated rings. The van der Waals surface area contributed by atoms with Gasteiger partial charge in [-0.05, 0) is 18.8 Å². The van der Waals surface area contributed by atoms with E-state index in [9.17, 15) is 0 Å². The standard InChI is InChI=1S/C6H9N3S/c1-2-5(1)3-7-6-9-8-4-10-6/h4-5H,1-3H2,(H,7,9). The quantitative estimate of drug-likeness (QED) is 0.716. The Bertz CT molecular complexity index is 193. The van der Waals surface area contributed by atoms with Crippen LogP contribution in [0.4, 0.5) is 5.13 Å². The maximum Gasteiger partial charge on any atom is 0.205 e. The van der Waals surface area contributed by atoms with Crippen molar-refractivity contribution in [2.75, 3.05) is 11.9 Å². The minimum Gasteiger partial charge on any atom is -0.360 e. The molecule has 1 N–H and O–H groups in total. The minimum atomic E-state index is 0.906. The highest BCUT2D eigenvalue weighted by Gasteiger charge is 2.20. The molecule has 1 saturated carbocycles. The van der Waals surface area contributed by atoms with Crippen LogP contribution in [-0.2, 0) is 0 Å². The zero-order chi connectivity index (χ0) is 6.81. The van der Waals surface area contributed by atoms with Crippen molar-refractivity contribution in [2.45, 2.75) is 12.8 Å². The molecule has 1 heterocycles. The second-order valence-electron chi connectivity index (χ2n) is 2.57. The van der Waals surface area contributed by atoms with Gasteiger partial charge in [-0.25, -0.2) is 0 Å². The molecular weight excluding hydrogens is 146 g/mol. The topological polar surface area (TPSA) is 37.8 Å². The Labute approximate surface area is 63.5 Å². The molecule has 1 aliphatic rings. The summed E-state index contributed by atoms with van der Waals surface area (Å²) in [6, 6.07) is 0. The molecule has 10 heavy (non-hydrogen) atoms. The normalized spacial score (nSPS) is 17.2. The molecule has 0 spiro atoms. The highest BCUT2D eigenvalue weighted by atomic mass is 32.1. The molecule has 0 bridgehead atoms. The molecule has 0 radical (unpaired) electrons. The molecule has 3 nitrogen and oxygen atoms in total. The van der Waals surface area contributed by atoms with Crippen molar-refractivity contribution >= 4 is 16.5 Å². The Morgan fingerprint density at radius 1 is 1.70 bits per heavy atom. The van der Waals surface area contributed by atoms with E-state index in [0.29, 0.717) is 0 Å². The van der Waals surface area contributed by atoms with E-state index in [1.807, 2.05) is 0 Å². The van der Waals surface area contributed by atoms with E-state index in [0.717, 1.165) is 17.6 Å². The molecule has 0 unspecified atom stereocenters. The molecule has 1 aromatic heterocycles. The van der Waals surface area contributed by atoms with Crippen LogP contribution in [0.2, 0.25) is 0 Å². The maximum atomic E-state index is 3.87. The molecule has 0 atom stereocenters. The molecule has 0 aliphatic heterocycles. The van der Waals surface area contributed by atoms with Crippen molar-refractivity contribution in [2.24, 2.45) is 5.92 Å². The monoisotopic (exact) mass is 155 g/mol. The third-order valence-electron chi connectivity index (χ3n) is 1.60. The Kier molecular flexibility index (Phi) is 1.55. The number of nitrogens with one attached hydrogen (secondary N) is 1. The Morgan fingerprint density at radius 2 is 2.60 bits per heavy atom. The number of aromatic nitrogens is 2. The average Bonchev–Trinajstić information content (AvgIpc) is 2.63. The lowest BCUT2D eigenvalue weighted by atomic mass is 10.4. The van der Waals surface area contributed by atoms with E-state index in [1.54, 1.807) is 16.8 Å². The van der Waals surface area contributed by atoms with Crippen LogP contribution in [0.15, 0.2) is 5.51 Å². The molecule has 1 aromatic rings. The van der Waals surface area contributed by atoms with E-state index in [-0.39, 0.29) is 0 Å². The Hall–Kier alpha value is -0.640. The highest BCUT2D eigenvalue weighted by Crippen LogP contribution is 2.28. The summed E-state index contributed by atoms with van der Waals surface area (Å²) in [4.78, 5) is 0. The fourth-order valence-electron chi connectivity index (χ4n) is 0.804. The Balaban J connectivity index is 1.79. The summed E-state index contributed by atoms with van der Waals surface area (Å²) in [6.45, 7) is 1.08. The third-order valence-corrected chi connectivity index (χ3v) is 2.25. The van der Waals surface area contributed by atoms with E-state index >= 15 is 0 Å². The second-order valence-corrected chi connectivity index (χ2v) is 3.40. The fourth-order valence-corrected chi connectivity index (χ4v) is 1.26. The van der Waals surface area contributed by atoms with Crippen molar-refractivity contribution < 1.29 is 0 Å². The summed E-state index contributed by atoms with van der Waals surface area (Å²) in [5, 5.41) is 11.8. The van der Waals surface area contributed by atoms with E-state index in [1.165, 1.54) is 12.8 Å². The zero-order valence-corrected chi connectivity index (χ0v) is 6.40. The molecule has 1 aliphatic carbocycles. The van der Waals surface area contributed by atoms with Crippen molar-refractivity contribution in [3.05, 3.63) is 5.51 Å². The summed E-state index contributed by atoms with van der Waals surface area (Å²) < 4.78 is 0. The SMILES string of the molecule is c1nnc(NCC2CC2)s1. The summed E-state index contributed by atoms with van der Waals surface area (Å²) in [7, 11) is 0. The molecule has 2 rings (SSSR count). The van der Waals surface area contributed by atoms with Crippen LogP contribution in [-0.4, -0.2) is 16.7 Å². The maximum absolute atomic E-state index is 3.87. The van der Waals surface area contributed by atoms with E-state index in [2.05, 4.69) is 15.5 Å². The minimum absolute atomic E-state index is 0.906. The van der Waals surface area contributed by atoms with Gasteiger partial charge in [0.1, 0.15) is 5.51 Å². The molecule has 0 aromatic carbocycles. The first-order chi connectivity index (χ1) is 4.95. The number of nitrogens with zero attached hydrogens (tertiary/aromatic N) is 2. The summed E-state index contributed by atoms with van der Waals surface area (Å²) in [5.74, 6) is 0.906. The first-order valence-electron chi connectivity index (χ1n) is 3.45. The van der Waals surface area contributed by atoms with Crippen LogP contribution in [0.5, 0.6) is 0 Å². The van der Waals surface area contributed by atoms with E-state index in [4.69, 9.17) is 0 Å². The molecule has 4 heteroatoms. The van der Waals surface area contributed by atoms with Gasteiger partial charge in [0.2, 0.25) is 5.13 Å². The number of hydrogen-bond acceptors (Lipinski definition) is 4. The van der Waals surface area contributed by atoms with Gasteiger partial charge in [0.05, 0.1) is 0 Å². The fraction of sp³-hybridized carbons (Fsp3) is 0.667. The van der Waals surface area contributed by atoms with Gasteiger partial charge < -0.3 is 5.32 Å². The summed E-state index contributed by atoms with van der Waals surface area (Å²) >= 11 is 1.56. The first-order valence-corrected chi connectivity index (χ1v) is 4.33. The van der Waals surface area contributed by atoms with Gasteiger partial charge in [0.25, 0.3) is 0 Å². The lowest BCUT2D eigenvalue weighted by Crippen LogP contribution is -2.02. The first kappa shape index (κ1) is 6.09. The van der Waals surface area contributed by atoms with Crippen molar-refractivity contribution in [1.82, 2.24) is 10.2 Å². The van der Waals surface area contributed by atoms with Crippen LogP contribution in [0.3, 0.4) is 0 Å². The molecular formula is C6H9N3S. The van der Waals surface area contributed by atoms with Gasteiger partial charge in [-0.3, -0.25) is 0 Å². The highest BCUT2D eigenvalue weighted by molar-refractivity contribution is 7.13. The van der Waals surface area contributed by atoms with Gasteiger partial charge in [0, 0.05) is 6.54 Å². The van der Waals surface area contributed by atoms with E-state index < -0.39 is 0 Å². The van der Waals surface area contributed by atoms with Crippen LogP contribution in [0, 0.1) is 5.92 Å². The average molecular weight is 155 g/mol. The largest absolute Gasteiger partial charge is 0.360 e. The number of hydrogen-bond donors (Lipinski definition) is 1. The Morgan fingerprint density at radius 3 is 3.20 bits per heavy atom. The van der Waals surface area contributed by atoms with Crippen molar-refractivity contribution in [3.63, 3.8) is 0 Å². The lowest BCUT2D eigenvalue weighted by molar-refractivity contribution is 0.882. The molecule has 0 amide bonds. The smallest absolute Gasteiger partial charge is 0.205 e. The lowest BCUT2D eigenvalue weighted by Gasteiger charge is -1.96. The van der Waals surface area contributed by atoms with Gasteiger partial charge in [-0.15, -0.1) is 10.2 Å². The number of rotatable bonds is 3. The van der Waals surface area contributed by atoms with Gasteiger partial charge in [0.15, 0.2) is 0 Å². The van der Waals surface area contributed by atoms with Gasteiger partial charge in [-0.2, -0.15) is 0 Å². The van der Waals surface area contributed by atoms with Gasteiger partial charge in [-0.1, -0.05) is 11.3 Å². The van der Waals surface area contributed by atoms with Crippen LogP contribution in [0.1, 0.15) is 12.8 Å². The molecule has 54 valence electrons. The summed E-state index contributed by atoms with van der Waals surface area (Å²) in [6.07, 6.45) is 2.76. The van der Waals surface area contributed by atoms with Crippen molar-refractivity contribution in [1.29, 1.82) is 0 Å².